The summed E-state index contributed by atoms with van der Waals surface area (Å²) in [5, 5.41) is 5.44. The first-order valence-electron chi connectivity index (χ1n) is 8.02. The van der Waals surface area contributed by atoms with E-state index in [0.717, 1.165) is 11.1 Å². The maximum atomic E-state index is 12.5. The minimum absolute atomic E-state index is 0.0833. The van der Waals surface area contributed by atoms with Crippen LogP contribution in [0.25, 0.3) is 0 Å². The topological polar surface area (TPSA) is 76.7 Å². The lowest BCUT2D eigenvalue weighted by atomic mass is 9.92. The molecule has 0 unspecified atom stereocenters. The van der Waals surface area contributed by atoms with Crippen LogP contribution in [0.15, 0.2) is 35.5 Å². The highest BCUT2D eigenvalue weighted by molar-refractivity contribution is 5.95. The van der Waals surface area contributed by atoms with Crippen LogP contribution in [0.2, 0.25) is 0 Å². The third-order valence-electron chi connectivity index (χ3n) is 3.76. The van der Waals surface area contributed by atoms with Gasteiger partial charge in [0.05, 0.1) is 24.3 Å². The number of rotatable bonds is 6. The minimum Gasteiger partial charge on any atom is -0.460 e. The molecule has 2 N–H and O–H groups in total. The van der Waals surface area contributed by atoms with Crippen molar-refractivity contribution in [3.05, 3.63) is 46.7 Å². The molecule has 6 nitrogen and oxygen atoms in total. The molecular weight excluding hydrogens is 308 g/mol. The first-order valence-corrected chi connectivity index (χ1v) is 8.02. The fourth-order valence-electron chi connectivity index (χ4n) is 2.60. The van der Waals surface area contributed by atoms with Gasteiger partial charge in [-0.3, -0.25) is 0 Å². The molecule has 2 amide bonds. The van der Waals surface area contributed by atoms with E-state index in [2.05, 4.69) is 10.6 Å². The van der Waals surface area contributed by atoms with Crippen molar-refractivity contribution < 1.29 is 19.1 Å². The Labute approximate surface area is 142 Å². The molecule has 0 aliphatic carbocycles. The van der Waals surface area contributed by atoms with Crippen molar-refractivity contribution in [2.45, 2.75) is 39.8 Å². The number of amides is 2. The highest BCUT2D eigenvalue weighted by atomic mass is 16.6. The van der Waals surface area contributed by atoms with Crippen LogP contribution in [0.1, 0.15) is 37.9 Å². The molecule has 24 heavy (non-hydrogen) atoms. The molecule has 1 aromatic rings. The van der Waals surface area contributed by atoms with E-state index in [0.29, 0.717) is 17.9 Å². The van der Waals surface area contributed by atoms with Crippen LogP contribution in [0.5, 0.6) is 0 Å². The van der Waals surface area contributed by atoms with Gasteiger partial charge in [0.25, 0.3) is 0 Å². The van der Waals surface area contributed by atoms with E-state index in [1.807, 2.05) is 45.0 Å². The number of benzene rings is 1. The molecule has 130 valence electrons. The van der Waals surface area contributed by atoms with Crippen molar-refractivity contribution in [1.82, 2.24) is 10.6 Å². The molecule has 1 atom stereocenters. The molecule has 2 rings (SSSR count). The van der Waals surface area contributed by atoms with Gasteiger partial charge in [0.2, 0.25) is 0 Å². The summed E-state index contributed by atoms with van der Waals surface area (Å²) in [6.45, 7) is 7.99. The summed E-state index contributed by atoms with van der Waals surface area (Å²) in [5.41, 5.74) is 2.78. The van der Waals surface area contributed by atoms with Gasteiger partial charge in [-0.15, -0.1) is 0 Å². The third kappa shape index (κ3) is 4.35. The van der Waals surface area contributed by atoms with Crippen LogP contribution in [-0.2, 0) is 14.3 Å². The molecule has 0 aromatic heterocycles. The molecular formula is C18H24N2O4. The third-order valence-corrected chi connectivity index (χ3v) is 3.76. The summed E-state index contributed by atoms with van der Waals surface area (Å²) in [4.78, 5) is 24.4. The first kappa shape index (κ1) is 18.0. The number of nitrogens with one attached hydrogen (secondary N) is 2. The fourth-order valence-corrected chi connectivity index (χ4v) is 2.60. The van der Waals surface area contributed by atoms with Crippen molar-refractivity contribution in [1.29, 1.82) is 0 Å². The van der Waals surface area contributed by atoms with Crippen LogP contribution >= 0.6 is 0 Å². The lowest BCUT2D eigenvalue weighted by Gasteiger charge is -2.29. The molecule has 0 spiro atoms. The lowest BCUT2D eigenvalue weighted by molar-refractivity contribution is -0.141. The van der Waals surface area contributed by atoms with Gasteiger partial charge in [0.15, 0.2) is 0 Å². The summed E-state index contributed by atoms with van der Waals surface area (Å²) in [5.74, 6) is -0.458. The standard InChI is InChI=1S/C18H24N2O4/c1-11(2)23-9-10-24-17(21)15-13(4)19-18(22)20-16(15)14-8-6-5-7-12(14)3/h5-8,11,16H,9-10H2,1-4H3,(H2,19,20,22)/t16-/m0/s1. The highest BCUT2D eigenvalue weighted by Gasteiger charge is 2.32. The molecule has 0 saturated carbocycles. The molecule has 1 aliphatic rings. The number of hydrogen-bond acceptors (Lipinski definition) is 4. The molecule has 0 bridgehead atoms. The zero-order chi connectivity index (χ0) is 17.7. The lowest BCUT2D eigenvalue weighted by Crippen LogP contribution is -2.45. The molecule has 1 aliphatic heterocycles. The van der Waals surface area contributed by atoms with Crippen LogP contribution in [0, 0.1) is 6.92 Å². The largest absolute Gasteiger partial charge is 0.460 e. The zero-order valence-corrected chi connectivity index (χ0v) is 14.5. The number of ether oxygens (including phenoxy) is 2. The van der Waals surface area contributed by atoms with Gasteiger partial charge in [-0.2, -0.15) is 0 Å². The molecule has 0 fully saturated rings. The second-order valence-corrected chi connectivity index (χ2v) is 5.98. The Morgan fingerprint density at radius 2 is 1.92 bits per heavy atom. The van der Waals surface area contributed by atoms with Crippen molar-refractivity contribution >= 4 is 12.0 Å². The van der Waals surface area contributed by atoms with Crippen molar-refractivity contribution in [2.75, 3.05) is 13.2 Å². The quantitative estimate of drug-likeness (QED) is 0.620. The van der Waals surface area contributed by atoms with Crippen molar-refractivity contribution in [3.63, 3.8) is 0 Å². The van der Waals surface area contributed by atoms with Crippen LogP contribution in [0.3, 0.4) is 0 Å². The first-order chi connectivity index (χ1) is 11.4. The number of hydrogen-bond donors (Lipinski definition) is 2. The maximum absolute atomic E-state index is 12.5. The number of urea groups is 1. The number of carbonyl (C=O) groups is 2. The summed E-state index contributed by atoms with van der Waals surface area (Å²) < 4.78 is 10.7. The second kappa shape index (κ2) is 7.97. The van der Waals surface area contributed by atoms with Crippen molar-refractivity contribution in [2.24, 2.45) is 0 Å². The number of esters is 1. The van der Waals surface area contributed by atoms with Gasteiger partial charge in [0, 0.05) is 5.70 Å². The normalized spacial score (nSPS) is 17.5. The van der Waals surface area contributed by atoms with E-state index >= 15 is 0 Å². The molecule has 0 radical (unpaired) electrons. The molecule has 1 heterocycles. The Morgan fingerprint density at radius 3 is 2.58 bits per heavy atom. The second-order valence-electron chi connectivity index (χ2n) is 5.98. The van der Waals surface area contributed by atoms with Crippen LogP contribution in [0.4, 0.5) is 4.79 Å². The van der Waals surface area contributed by atoms with E-state index < -0.39 is 12.0 Å². The van der Waals surface area contributed by atoms with Gasteiger partial charge < -0.3 is 20.1 Å². The SMILES string of the molecule is CC1=C(C(=O)OCCOC(C)C)[C@H](c2ccccc2C)NC(=O)N1. The average molecular weight is 332 g/mol. The average Bonchev–Trinajstić information content (AvgIpc) is 2.51. The molecule has 6 heteroatoms. The van der Waals surface area contributed by atoms with Crippen LogP contribution < -0.4 is 10.6 Å². The number of aryl methyl sites for hydroxylation is 1. The van der Waals surface area contributed by atoms with E-state index in [4.69, 9.17) is 9.47 Å². The van der Waals surface area contributed by atoms with Gasteiger partial charge in [-0.05, 0) is 38.8 Å². The number of carbonyl (C=O) groups excluding carboxylic acids is 2. The highest BCUT2D eigenvalue weighted by Crippen LogP contribution is 2.29. The fraction of sp³-hybridized carbons (Fsp3) is 0.444. The van der Waals surface area contributed by atoms with Gasteiger partial charge >= 0.3 is 12.0 Å². The zero-order valence-electron chi connectivity index (χ0n) is 14.5. The Kier molecular flexibility index (Phi) is 5.98. The monoisotopic (exact) mass is 332 g/mol. The Hall–Kier alpha value is -2.34. The van der Waals surface area contributed by atoms with Gasteiger partial charge in [-0.1, -0.05) is 24.3 Å². The van der Waals surface area contributed by atoms with E-state index in [1.165, 1.54) is 0 Å². The predicted octanol–water partition coefficient (Wildman–Crippen LogP) is 2.59. The Morgan fingerprint density at radius 1 is 1.21 bits per heavy atom. The van der Waals surface area contributed by atoms with Gasteiger partial charge in [-0.25, -0.2) is 9.59 Å². The summed E-state index contributed by atoms with van der Waals surface area (Å²) in [6.07, 6.45) is 0.0833. The minimum atomic E-state index is -0.529. The predicted molar refractivity (Wildman–Crippen MR) is 90.3 cm³/mol. The molecule has 0 saturated heterocycles. The maximum Gasteiger partial charge on any atom is 0.338 e. The summed E-state index contributed by atoms with van der Waals surface area (Å²) in [7, 11) is 0. The van der Waals surface area contributed by atoms with E-state index in [1.54, 1.807) is 6.92 Å². The smallest absolute Gasteiger partial charge is 0.338 e. The van der Waals surface area contributed by atoms with Crippen molar-refractivity contribution in [3.8, 4) is 0 Å². The number of allylic oxidation sites excluding steroid dienone is 1. The Bertz CT molecular complexity index is 652. The van der Waals surface area contributed by atoms with Gasteiger partial charge in [0.1, 0.15) is 6.61 Å². The van der Waals surface area contributed by atoms with E-state index in [-0.39, 0.29) is 18.7 Å². The summed E-state index contributed by atoms with van der Waals surface area (Å²) in [6, 6.07) is 6.77. The van der Waals surface area contributed by atoms with Crippen LogP contribution in [-0.4, -0.2) is 31.3 Å². The molecule has 1 aromatic carbocycles. The van der Waals surface area contributed by atoms with E-state index in [9.17, 15) is 9.59 Å². The summed E-state index contributed by atoms with van der Waals surface area (Å²) >= 11 is 0. The Balaban J connectivity index is 2.19.